The van der Waals surface area contributed by atoms with Crippen molar-refractivity contribution in [3.63, 3.8) is 0 Å². The summed E-state index contributed by atoms with van der Waals surface area (Å²) in [6, 6.07) is 0.734. The topological polar surface area (TPSA) is 36.4 Å². The lowest BCUT2D eigenvalue weighted by Gasteiger charge is -2.37. The molecule has 0 spiro atoms. The first-order valence-electron chi connectivity index (χ1n) is 5.62. The van der Waals surface area contributed by atoms with Gasteiger partial charge in [0.15, 0.2) is 0 Å². The number of aliphatic hydroxyl groups excluding tert-OH is 1. The number of aromatic nitrogens is 1. The Morgan fingerprint density at radius 2 is 2.40 bits per heavy atom. The Kier molecular flexibility index (Phi) is 4.11. The van der Waals surface area contributed by atoms with Crippen molar-refractivity contribution in [3.8, 4) is 0 Å². The molecule has 1 heterocycles. The number of hydrogen-bond acceptors (Lipinski definition) is 4. The molecule has 1 fully saturated rings. The Balaban J connectivity index is 1.86. The molecule has 84 valence electrons. The summed E-state index contributed by atoms with van der Waals surface area (Å²) in [5.74, 6) is 0. The Morgan fingerprint density at radius 1 is 1.53 bits per heavy atom. The molecule has 1 saturated carbocycles. The third kappa shape index (κ3) is 3.00. The van der Waals surface area contributed by atoms with Gasteiger partial charge in [-0.1, -0.05) is 6.42 Å². The summed E-state index contributed by atoms with van der Waals surface area (Å²) in [6.07, 6.45) is 4.86. The van der Waals surface area contributed by atoms with Gasteiger partial charge in [-0.2, -0.15) is 0 Å². The molecule has 0 bridgehead atoms. The van der Waals surface area contributed by atoms with Crippen LogP contribution in [0.5, 0.6) is 0 Å². The molecule has 3 nitrogen and oxygen atoms in total. The summed E-state index contributed by atoms with van der Waals surface area (Å²) in [5, 5.41) is 11.0. The van der Waals surface area contributed by atoms with Crippen LogP contribution in [0.4, 0.5) is 0 Å². The Bertz CT molecular complexity index is 272. The second-order valence-electron chi connectivity index (χ2n) is 4.11. The van der Waals surface area contributed by atoms with E-state index in [1.165, 1.54) is 25.0 Å². The molecule has 0 unspecified atom stereocenters. The lowest BCUT2D eigenvalue weighted by molar-refractivity contribution is 0.108. The molecule has 0 radical (unpaired) electrons. The van der Waals surface area contributed by atoms with Crippen LogP contribution in [0.2, 0.25) is 0 Å². The maximum Gasteiger partial charge on any atom is 0.0795 e. The van der Waals surface area contributed by atoms with Crippen LogP contribution < -0.4 is 0 Å². The summed E-state index contributed by atoms with van der Waals surface area (Å²) < 4.78 is 0. The van der Waals surface area contributed by atoms with E-state index in [0.717, 1.165) is 25.6 Å². The minimum atomic E-state index is 0.292. The van der Waals surface area contributed by atoms with Crippen LogP contribution in [0.3, 0.4) is 0 Å². The maximum absolute atomic E-state index is 8.87. The van der Waals surface area contributed by atoms with Crippen molar-refractivity contribution in [1.29, 1.82) is 0 Å². The van der Waals surface area contributed by atoms with Crippen molar-refractivity contribution in [1.82, 2.24) is 9.88 Å². The zero-order valence-corrected chi connectivity index (χ0v) is 9.75. The molecule has 0 saturated heterocycles. The first kappa shape index (κ1) is 11.0. The highest BCUT2D eigenvalue weighted by Gasteiger charge is 2.24. The van der Waals surface area contributed by atoms with Gasteiger partial charge in [0.1, 0.15) is 0 Å². The molecule has 0 amide bonds. The van der Waals surface area contributed by atoms with Crippen LogP contribution in [-0.4, -0.2) is 34.2 Å². The fourth-order valence-corrected chi connectivity index (χ4v) is 2.49. The third-order valence-electron chi connectivity index (χ3n) is 3.04. The van der Waals surface area contributed by atoms with Crippen LogP contribution in [0.1, 0.15) is 31.4 Å². The van der Waals surface area contributed by atoms with E-state index in [0.29, 0.717) is 6.61 Å². The van der Waals surface area contributed by atoms with Crippen LogP contribution >= 0.6 is 11.3 Å². The zero-order chi connectivity index (χ0) is 10.5. The van der Waals surface area contributed by atoms with Crippen LogP contribution in [0.15, 0.2) is 10.9 Å². The van der Waals surface area contributed by atoms with E-state index in [1.807, 2.05) is 5.51 Å². The van der Waals surface area contributed by atoms with Crippen LogP contribution in [0.25, 0.3) is 0 Å². The summed E-state index contributed by atoms with van der Waals surface area (Å²) >= 11 is 1.66. The van der Waals surface area contributed by atoms with Crippen molar-refractivity contribution in [2.45, 2.75) is 38.3 Å². The number of thiazole rings is 1. The molecule has 1 aliphatic carbocycles. The largest absolute Gasteiger partial charge is 0.396 e. The van der Waals surface area contributed by atoms with Crippen molar-refractivity contribution >= 4 is 11.3 Å². The Hall–Kier alpha value is -0.450. The zero-order valence-electron chi connectivity index (χ0n) is 8.93. The highest BCUT2D eigenvalue weighted by molar-refractivity contribution is 7.07. The van der Waals surface area contributed by atoms with Gasteiger partial charge in [0.2, 0.25) is 0 Å². The maximum atomic E-state index is 8.87. The second-order valence-corrected chi connectivity index (χ2v) is 4.83. The van der Waals surface area contributed by atoms with Gasteiger partial charge in [0.05, 0.1) is 11.2 Å². The minimum Gasteiger partial charge on any atom is -0.396 e. The number of aliphatic hydroxyl groups is 1. The molecule has 1 N–H and O–H groups in total. The van der Waals surface area contributed by atoms with Crippen molar-refractivity contribution in [2.24, 2.45) is 0 Å². The molecule has 1 aliphatic rings. The van der Waals surface area contributed by atoms with Gasteiger partial charge in [-0.3, -0.25) is 4.90 Å². The highest BCUT2D eigenvalue weighted by Crippen LogP contribution is 2.26. The van der Waals surface area contributed by atoms with E-state index < -0.39 is 0 Å². The molecule has 0 aliphatic heterocycles. The fourth-order valence-electron chi connectivity index (χ4n) is 1.94. The molecule has 0 atom stereocenters. The molecular formula is C11H18N2OS. The predicted molar refractivity (Wildman–Crippen MR) is 61.9 cm³/mol. The van der Waals surface area contributed by atoms with E-state index in [2.05, 4.69) is 15.3 Å². The molecular weight excluding hydrogens is 208 g/mol. The SMILES string of the molecule is OCCCN(Cc1cscn1)C1CCC1. The summed E-state index contributed by atoms with van der Waals surface area (Å²) in [7, 11) is 0. The summed E-state index contributed by atoms with van der Waals surface area (Å²) in [5.41, 5.74) is 3.06. The predicted octanol–water partition coefficient (Wildman–Crippen LogP) is 1.88. The molecule has 15 heavy (non-hydrogen) atoms. The lowest BCUT2D eigenvalue weighted by Crippen LogP contribution is -2.40. The molecule has 1 aromatic heterocycles. The standard InChI is InChI=1S/C11H18N2OS/c14-6-2-5-13(11-3-1-4-11)7-10-8-15-9-12-10/h8-9,11,14H,1-7H2. The van der Waals surface area contributed by atoms with Gasteiger partial charge < -0.3 is 5.11 Å². The molecule has 1 aromatic rings. The minimum absolute atomic E-state index is 0.292. The second kappa shape index (κ2) is 5.58. The van der Waals surface area contributed by atoms with Gasteiger partial charge >= 0.3 is 0 Å². The normalized spacial score (nSPS) is 16.9. The quantitative estimate of drug-likeness (QED) is 0.804. The van der Waals surface area contributed by atoms with Crippen molar-refractivity contribution in [3.05, 3.63) is 16.6 Å². The number of rotatable bonds is 6. The van der Waals surface area contributed by atoms with E-state index in [4.69, 9.17) is 5.11 Å². The van der Waals surface area contributed by atoms with Gasteiger partial charge in [-0.15, -0.1) is 11.3 Å². The average Bonchev–Trinajstić information content (AvgIpc) is 2.64. The molecule has 0 aromatic carbocycles. The smallest absolute Gasteiger partial charge is 0.0795 e. The first-order chi connectivity index (χ1) is 7.40. The number of hydrogen-bond donors (Lipinski definition) is 1. The van der Waals surface area contributed by atoms with Crippen molar-refractivity contribution < 1.29 is 5.11 Å². The van der Waals surface area contributed by atoms with Crippen LogP contribution in [0, 0.1) is 0 Å². The van der Waals surface area contributed by atoms with Crippen LogP contribution in [-0.2, 0) is 6.54 Å². The van der Waals surface area contributed by atoms with Crippen molar-refractivity contribution in [2.75, 3.05) is 13.2 Å². The summed E-state index contributed by atoms with van der Waals surface area (Å²) in [6.45, 7) is 2.24. The van der Waals surface area contributed by atoms with E-state index in [-0.39, 0.29) is 0 Å². The van der Waals surface area contributed by atoms with E-state index >= 15 is 0 Å². The van der Waals surface area contributed by atoms with Gasteiger partial charge in [-0.25, -0.2) is 4.98 Å². The number of nitrogens with zero attached hydrogens (tertiary/aromatic N) is 2. The Morgan fingerprint density at radius 3 is 2.93 bits per heavy atom. The lowest BCUT2D eigenvalue weighted by atomic mass is 9.91. The monoisotopic (exact) mass is 226 g/mol. The average molecular weight is 226 g/mol. The highest BCUT2D eigenvalue weighted by atomic mass is 32.1. The Labute approximate surface area is 94.8 Å². The van der Waals surface area contributed by atoms with E-state index in [9.17, 15) is 0 Å². The fraction of sp³-hybridized carbons (Fsp3) is 0.727. The molecule has 4 heteroatoms. The first-order valence-corrected chi connectivity index (χ1v) is 6.56. The van der Waals surface area contributed by atoms with Gasteiger partial charge in [0.25, 0.3) is 0 Å². The van der Waals surface area contributed by atoms with E-state index in [1.54, 1.807) is 11.3 Å². The molecule has 2 rings (SSSR count). The summed E-state index contributed by atoms with van der Waals surface area (Å²) in [4.78, 5) is 6.79. The van der Waals surface area contributed by atoms with Gasteiger partial charge in [-0.05, 0) is 19.3 Å². The van der Waals surface area contributed by atoms with Gasteiger partial charge in [0, 0.05) is 31.1 Å². The third-order valence-corrected chi connectivity index (χ3v) is 3.68.